The van der Waals surface area contributed by atoms with Crippen LogP contribution in [-0.2, 0) is 0 Å². The van der Waals surface area contributed by atoms with Gasteiger partial charge < -0.3 is 4.90 Å². The van der Waals surface area contributed by atoms with Crippen molar-refractivity contribution >= 4 is 22.8 Å². The molecule has 4 nitrogen and oxygen atoms in total. The molecule has 0 N–H and O–H groups in total. The van der Waals surface area contributed by atoms with E-state index >= 15 is 0 Å². The summed E-state index contributed by atoms with van der Waals surface area (Å²) in [7, 11) is 3.99. The van der Waals surface area contributed by atoms with E-state index in [0.717, 1.165) is 17.1 Å². The zero-order valence-electron chi connectivity index (χ0n) is 12.6. The minimum Gasteiger partial charge on any atom is -0.378 e. The number of azo groups is 1. The Morgan fingerprint density at radius 2 is 1.38 bits per heavy atom. The Morgan fingerprint density at radius 1 is 0.905 bits per heavy atom. The average Bonchev–Trinajstić information content (AvgIpc) is 2.53. The molecular weight excluding hydrogens is 262 g/mol. The second-order valence-electron chi connectivity index (χ2n) is 4.93. The minimum atomic E-state index is 0.137. The lowest BCUT2D eigenvalue weighted by molar-refractivity contribution is 0.0988. The van der Waals surface area contributed by atoms with Crippen LogP contribution in [0.25, 0.3) is 0 Å². The van der Waals surface area contributed by atoms with Gasteiger partial charge in [0.05, 0.1) is 11.4 Å². The van der Waals surface area contributed by atoms with Crippen molar-refractivity contribution in [2.24, 2.45) is 10.2 Å². The monoisotopic (exact) mass is 281 g/mol. The Kier molecular flexibility index (Phi) is 4.82. The van der Waals surface area contributed by atoms with Gasteiger partial charge in [-0.2, -0.15) is 10.2 Å². The average molecular weight is 281 g/mol. The number of carbonyl (C=O) groups is 1. The number of carbonyl (C=O) groups excluding carboxylic acids is 1. The molecule has 0 radical (unpaired) electrons. The summed E-state index contributed by atoms with van der Waals surface area (Å²) in [5.41, 5.74) is 3.37. The fraction of sp³-hybridized carbons (Fsp3) is 0.235. The molecule has 2 aromatic rings. The molecule has 21 heavy (non-hydrogen) atoms. The Labute approximate surface area is 125 Å². The Hall–Kier alpha value is -2.49. The topological polar surface area (TPSA) is 45.0 Å². The first-order valence-electron chi connectivity index (χ1n) is 6.92. The van der Waals surface area contributed by atoms with Crippen LogP contribution in [0.4, 0.5) is 17.1 Å². The van der Waals surface area contributed by atoms with Crippen LogP contribution in [0, 0.1) is 0 Å². The lowest BCUT2D eigenvalue weighted by atomic mass is 10.1. The van der Waals surface area contributed by atoms with Gasteiger partial charge in [-0.25, -0.2) is 0 Å². The van der Waals surface area contributed by atoms with Crippen LogP contribution in [0.5, 0.6) is 0 Å². The standard InChI is InChI=1S/C17H19N3O/c1-4-17(21)13-5-7-14(8-6-13)18-19-15-9-11-16(12-10-15)20(2)3/h5-12H,4H2,1-3H3. The van der Waals surface area contributed by atoms with Gasteiger partial charge in [0.15, 0.2) is 5.78 Å². The lowest BCUT2D eigenvalue weighted by Crippen LogP contribution is -2.07. The maximum atomic E-state index is 11.5. The third-order valence-electron chi connectivity index (χ3n) is 3.16. The van der Waals surface area contributed by atoms with Gasteiger partial charge in [0.25, 0.3) is 0 Å². The number of rotatable bonds is 5. The lowest BCUT2D eigenvalue weighted by Gasteiger charge is -2.11. The van der Waals surface area contributed by atoms with E-state index in [0.29, 0.717) is 12.0 Å². The smallest absolute Gasteiger partial charge is 0.162 e. The van der Waals surface area contributed by atoms with Gasteiger partial charge in [-0.05, 0) is 48.5 Å². The first-order valence-corrected chi connectivity index (χ1v) is 6.92. The number of Topliss-reactive ketones (excluding diaryl/α,β-unsaturated/α-hetero) is 1. The van der Waals surface area contributed by atoms with Crippen LogP contribution in [-0.4, -0.2) is 19.9 Å². The summed E-state index contributed by atoms with van der Waals surface area (Å²) in [4.78, 5) is 13.6. The zero-order valence-corrected chi connectivity index (χ0v) is 12.6. The maximum Gasteiger partial charge on any atom is 0.162 e. The number of ketones is 1. The number of anilines is 1. The highest BCUT2D eigenvalue weighted by atomic mass is 16.1. The van der Waals surface area contributed by atoms with Crippen LogP contribution in [0.2, 0.25) is 0 Å². The molecule has 0 atom stereocenters. The van der Waals surface area contributed by atoms with Crippen molar-refractivity contribution in [3.8, 4) is 0 Å². The van der Waals surface area contributed by atoms with Gasteiger partial charge >= 0.3 is 0 Å². The highest BCUT2D eigenvalue weighted by molar-refractivity contribution is 5.96. The Bertz CT molecular complexity index is 628. The van der Waals surface area contributed by atoms with Crippen LogP contribution in [0.3, 0.4) is 0 Å². The molecule has 0 bridgehead atoms. The Morgan fingerprint density at radius 3 is 1.81 bits per heavy atom. The summed E-state index contributed by atoms with van der Waals surface area (Å²) >= 11 is 0. The van der Waals surface area contributed by atoms with E-state index in [9.17, 15) is 4.79 Å². The molecule has 0 heterocycles. The second kappa shape index (κ2) is 6.79. The van der Waals surface area contributed by atoms with Crippen molar-refractivity contribution in [1.29, 1.82) is 0 Å². The molecule has 0 amide bonds. The summed E-state index contributed by atoms with van der Waals surface area (Å²) < 4.78 is 0. The summed E-state index contributed by atoms with van der Waals surface area (Å²) in [6, 6.07) is 15.0. The van der Waals surface area contributed by atoms with E-state index in [1.54, 1.807) is 24.3 Å². The van der Waals surface area contributed by atoms with Gasteiger partial charge in [-0.15, -0.1) is 0 Å². The number of benzene rings is 2. The van der Waals surface area contributed by atoms with Gasteiger partial charge in [-0.3, -0.25) is 4.79 Å². The van der Waals surface area contributed by atoms with Crippen LogP contribution in [0.1, 0.15) is 23.7 Å². The first kappa shape index (κ1) is 14.9. The molecule has 0 aliphatic rings. The zero-order chi connectivity index (χ0) is 15.2. The van der Waals surface area contributed by atoms with Crippen molar-refractivity contribution in [2.75, 3.05) is 19.0 Å². The number of hydrogen-bond acceptors (Lipinski definition) is 4. The molecular formula is C17H19N3O. The predicted octanol–water partition coefficient (Wildman–Crippen LogP) is 4.76. The maximum absolute atomic E-state index is 11.5. The molecule has 0 aliphatic heterocycles. The van der Waals surface area contributed by atoms with Gasteiger partial charge in [0, 0.05) is 31.8 Å². The number of hydrogen-bond donors (Lipinski definition) is 0. The molecule has 0 fully saturated rings. The van der Waals surface area contributed by atoms with Gasteiger partial charge in [0.2, 0.25) is 0 Å². The fourth-order valence-electron chi connectivity index (χ4n) is 1.85. The predicted molar refractivity (Wildman–Crippen MR) is 86.0 cm³/mol. The van der Waals surface area contributed by atoms with Crippen molar-refractivity contribution < 1.29 is 4.79 Å². The third kappa shape index (κ3) is 3.99. The normalized spacial score (nSPS) is 10.8. The molecule has 108 valence electrons. The quantitative estimate of drug-likeness (QED) is 0.586. The van der Waals surface area contributed by atoms with E-state index < -0.39 is 0 Å². The van der Waals surface area contributed by atoms with Crippen LogP contribution in [0.15, 0.2) is 58.8 Å². The highest BCUT2D eigenvalue weighted by Crippen LogP contribution is 2.21. The minimum absolute atomic E-state index is 0.137. The summed E-state index contributed by atoms with van der Waals surface area (Å²) in [5.74, 6) is 0.137. The summed E-state index contributed by atoms with van der Waals surface area (Å²) in [6.07, 6.45) is 0.513. The van der Waals surface area contributed by atoms with E-state index in [4.69, 9.17) is 0 Å². The fourth-order valence-corrected chi connectivity index (χ4v) is 1.85. The van der Waals surface area contributed by atoms with E-state index in [1.165, 1.54) is 0 Å². The van der Waals surface area contributed by atoms with Crippen molar-refractivity contribution in [3.63, 3.8) is 0 Å². The molecule has 2 aromatic carbocycles. The molecule has 0 aromatic heterocycles. The van der Waals surface area contributed by atoms with E-state index in [1.807, 2.05) is 50.2 Å². The van der Waals surface area contributed by atoms with Crippen molar-refractivity contribution in [2.45, 2.75) is 13.3 Å². The van der Waals surface area contributed by atoms with E-state index in [2.05, 4.69) is 10.2 Å². The Balaban J connectivity index is 2.08. The van der Waals surface area contributed by atoms with Gasteiger partial charge in [-0.1, -0.05) is 6.92 Å². The molecule has 0 spiro atoms. The summed E-state index contributed by atoms with van der Waals surface area (Å²) in [6.45, 7) is 1.85. The largest absolute Gasteiger partial charge is 0.378 e. The number of nitrogens with zero attached hydrogens (tertiary/aromatic N) is 3. The SMILES string of the molecule is CCC(=O)c1ccc(N=Nc2ccc(N(C)C)cc2)cc1. The molecule has 0 saturated heterocycles. The molecule has 0 saturated carbocycles. The molecule has 0 aliphatic carbocycles. The van der Waals surface area contributed by atoms with Crippen molar-refractivity contribution in [1.82, 2.24) is 0 Å². The van der Waals surface area contributed by atoms with Crippen LogP contribution >= 0.6 is 0 Å². The first-order chi connectivity index (χ1) is 10.1. The van der Waals surface area contributed by atoms with Gasteiger partial charge in [0.1, 0.15) is 0 Å². The molecule has 4 heteroatoms. The molecule has 2 rings (SSSR count). The third-order valence-corrected chi connectivity index (χ3v) is 3.16. The van der Waals surface area contributed by atoms with Crippen molar-refractivity contribution in [3.05, 3.63) is 54.1 Å². The van der Waals surface area contributed by atoms with Crippen LogP contribution < -0.4 is 4.90 Å². The second-order valence-corrected chi connectivity index (χ2v) is 4.93. The summed E-state index contributed by atoms with van der Waals surface area (Å²) in [5, 5.41) is 8.37. The highest BCUT2D eigenvalue weighted by Gasteiger charge is 2.01. The molecule has 0 unspecified atom stereocenters. The van der Waals surface area contributed by atoms with E-state index in [-0.39, 0.29) is 5.78 Å².